The van der Waals surface area contributed by atoms with E-state index in [4.69, 9.17) is 5.73 Å². The van der Waals surface area contributed by atoms with Gasteiger partial charge in [-0.2, -0.15) is 5.10 Å². The Kier molecular flexibility index (Phi) is 4.37. The normalized spacial score (nSPS) is 11.9. The number of carbonyl (C=O) groups excluding carboxylic acids is 1. The van der Waals surface area contributed by atoms with E-state index in [1.165, 1.54) is 0 Å². The van der Waals surface area contributed by atoms with Crippen molar-refractivity contribution in [2.45, 2.75) is 19.5 Å². The predicted octanol–water partition coefficient (Wildman–Crippen LogP) is 1.76. The van der Waals surface area contributed by atoms with Crippen LogP contribution in [-0.2, 0) is 13.6 Å². The van der Waals surface area contributed by atoms with Gasteiger partial charge in [0.25, 0.3) is 0 Å². The number of benzene rings is 1. The lowest BCUT2D eigenvalue weighted by Crippen LogP contribution is -2.28. The van der Waals surface area contributed by atoms with Crippen LogP contribution in [0.5, 0.6) is 0 Å². The number of aromatic nitrogens is 2. The number of carbonyl (C=O) groups is 1. The van der Waals surface area contributed by atoms with Gasteiger partial charge in [0.2, 0.25) is 0 Å². The van der Waals surface area contributed by atoms with Gasteiger partial charge in [0, 0.05) is 37.1 Å². The molecule has 0 saturated heterocycles. The molecule has 2 rings (SSSR count). The van der Waals surface area contributed by atoms with Gasteiger partial charge in [-0.3, -0.25) is 4.68 Å². The molecule has 1 heterocycles. The van der Waals surface area contributed by atoms with Crippen molar-refractivity contribution in [3.05, 3.63) is 47.8 Å². The monoisotopic (exact) mass is 273 g/mol. The Morgan fingerprint density at radius 2 is 2.30 bits per heavy atom. The highest BCUT2D eigenvalue weighted by molar-refractivity contribution is 5.89. The Balaban J connectivity index is 1.89. The maximum absolute atomic E-state index is 11.8. The van der Waals surface area contributed by atoms with Crippen LogP contribution in [0, 0.1) is 0 Å². The number of nitrogens with zero attached hydrogens (tertiary/aromatic N) is 2. The van der Waals surface area contributed by atoms with Crippen LogP contribution in [0.3, 0.4) is 0 Å². The molecule has 4 N–H and O–H groups in total. The molecule has 1 aromatic heterocycles. The van der Waals surface area contributed by atoms with Crippen molar-refractivity contribution in [3.63, 3.8) is 0 Å². The van der Waals surface area contributed by atoms with Crippen LogP contribution in [-0.4, -0.2) is 15.8 Å². The van der Waals surface area contributed by atoms with Crippen molar-refractivity contribution in [2.24, 2.45) is 12.8 Å². The zero-order chi connectivity index (χ0) is 14.5. The van der Waals surface area contributed by atoms with Crippen molar-refractivity contribution >= 4 is 11.7 Å². The molecule has 6 heteroatoms. The van der Waals surface area contributed by atoms with Crippen LogP contribution in [0.25, 0.3) is 0 Å². The number of amides is 2. The quantitative estimate of drug-likeness (QED) is 0.793. The lowest BCUT2D eigenvalue weighted by molar-refractivity contribution is 0.251. The van der Waals surface area contributed by atoms with Crippen LogP contribution in [0.15, 0.2) is 36.7 Å². The third-order valence-corrected chi connectivity index (χ3v) is 2.88. The molecule has 6 nitrogen and oxygen atoms in total. The summed E-state index contributed by atoms with van der Waals surface area (Å²) >= 11 is 0. The fourth-order valence-corrected chi connectivity index (χ4v) is 1.82. The average Bonchev–Trinajstić information content (AvgIpc) is 2.82. The summed E-state index contributed by atoms with van der Waals surface area (Å²) < 4.78 is 1.70. The van der Waals surface area contributed by atoms with Gasteiger partial charge in [-0.05, 0) is 24.6 Å². The Morgan fingerprint density at radius 1 is 1.50 bits per heavy atom. The summed E-state index contributed by atoms with van der Waals surface area (Å²) in [5, 5.41) is 9.60. The molecule has 0 spiro atoms. The van der Waals surface area contributed by atoms with Gasteiger partial charge in [0.05, 0.1) is 6.20 Å². The summed E-state index contributed by atoms with van der Waals surface area (Å²) in [5.41, 5.74) is 8.47. The van der Waals surface area contributed by atoms with E-state index in [1.54, 1.807) is 10.9 Å². The second kappa shape index (κ2) is 6.21. The minimum Gasteiger partial charge on any atom is -0.334 e. The number of nitrogens with one attached hydrogen (secondary N) is 2. The van der Waals surface area contributed by atoms with E-state index in [1.807, 2.05) is 44.4 Å². The Morgan fingerprint density at radius 3 is 2.95 bits per heavy atom. The molecule has 0 radical (unpaired) electrons. The van der Waals surface area contributed by atoms with Gasteiger partial charge in [0.1, 0.15) is 0 Å². The summed E-state index contributed by atoms with van der Waals surface area (Å²) in [7, 11) is 1.84. The molecule has 1 atom stereocenters. The van der Waals surface area contributed by atoms with Gasteiger partial charge >= 0.3 is 6.03 Å². The van der Waals surface area contributed by atoms with Crippen molar-refractivity contribution in [1.82, 2.24) is 15.1 Å². The van der Waals surface area contributed by atoms with E-state index in [9.17, 15) is 4.79 Å². The molecule has 0 saturated carbocycles. The van der Waals surface area contributed by atoms with E-state index in [0.717, 1.165) is 16.8 Å². The summed E-state index contributed by atoms with van der Waals surface area (Å²) in [6, 6.07) is 7.19. The number of rotatable bonds is 4. The van der Waals surface area contributed by atoms with Crippen molar-refractivity contribution < 1.29 is 4.79 Å². The van der Waals surface area contributed by atoms with Crippen LogP contribution in [0.2, 0.25) is 0 Å². The zero-order valence-electron chi connectivity index (χ0n) is 11.6. The summed E-state index contributed by atoms with van der Waals surface area (Å²) in [4.78, 5) is 11.8. The fraction of sp³-hybridized carbons (Fsp3) is 0.286. The fourth-order valence-electron chi connectivity index (χ4n) is 1.82. The molecular formula is C14H19N5O. The Hall–Kier alpha value is -2.34. The van der Waals surface area contributed by atoms with Gasteiger partial charge < -0.3 is 16.4 Å². The summed E-state index contributed by atoms with van der Waals surface area (Å²) in [6.45, 7) is 2.34. The lowest BCUT2D eigenvalue weighted by Gasteiger charge is -2.10. The van der Waals surface area contributed by atoms with E-state index in [2.05, 4.69) is 15.7 Å². The minimum atomic E-state index is -0.254. The Bertz CT molecular complexity index is 591. The van der Waals surface area contributed by atoms with Gasteiger partial charge in [-0.15, -0.1) is 0 Å². The molecule has 0 aliphatic rings. The lowest BCUT2D eigenvalue weighted by atomic mass is 10.1. The van der Waals surface area contributed by atoms with E-state index >= 15 is 0 Å². The number of hydrogen-bond acceptors (Lipinski definition) is 3. The number of nitrogens with two attached hydrogens (primary N) is 1. The molecule has 20 heavy (non-hydrogen) atoms. The van der Waals surface area contributed by atoms with E-state index < -0.39 is 0 Å². The standard InChI is InChI=1S/C14H19N5O/c1-10(15)12-4-3-5-13(6-12)18-14(20)16-7-11-8-17-19(2)9-11/h3-6,8-10H,7,15H2,1-2H3,(H2,16,18,20). The van der Waals surface area contributed by atoms with E-state index in [0.29, 0.717) is 6.54 Å². The molecule has 1 aromatic carbocycles. The highest BCUT2D eigenvalue weighted by Crippen LogP contribution is 2.15. The number of anilines is 1. The first kappa shape index (κ1) is 14.1. The maximum atomic E-state index is 11.8. The third-order valence-electron chi connectivity index (χ3n) is 2.88. The van der Waals surface area contributed by atoms with Crippen LogP contribution in [0.4, 0.5) is 10.5 Å². The number of urea groups is 1. The topological polar surface area (TPSA) is 85.0 Å². The zero-order valence-corrected chi connectivity index (χ0v) is 11.6. The summed E-state index contributed by atoms with van der Waals surface area (Å²) in [5.74, 6) is 0. The number of aryl methyl sites for hydroxylation is 1. The van der Waals surface area contributed by atoms with Crippen LogP contribution >= 0.6 is 0 Å². The first-order valence-corrected chi connectivity index (χ1v) is 6.42. The molecule has 0 fully saturated rings. The van der Waals surface area contributed by atoms with Crippen molar-refractivity contribution in [1.29, 1.82) is 0 Å². The molecule has 0 aliphatic heterocycles. The van der Waals surface area contributed by atoms with Gasteiger partial charge in [-0.1, -0.05) is 12.1 Å². The Labute approximate surface area is 118 Å². The molecule has 1 unspecified atom stereocenters. The minimum absolute atomic E-state index is 0.0600. The largest absolute Gasteiger partial charge is 0.334 e. The highest BCUT2D eigenvalue weighted by atomic mass is 16.2. The van der Waals surface area contributed by atoms with E-state index in [-0.39, 0.29) is 12.1 Å². The van der Waals surface area contributed by atoms with Gasteiger partial charge in [-0.25, -0.2) is 4.79 Å². The molecule has 2 aromatic rings. The smallest absolute Gasteiger partial charge is 0.319 e. The second-order valence-electron chi connectivity index (χ2n) is 4.74. The molecule has 0 aliphatic carbocycles. The molecule has 2 amide bonds. The van der Waals surface area contributed by atoms with Crippen molar-refractivity contribution in [2.75, 3.05) is 5.32 Å². The molecular weight excluding hydrogens is 254 g/mol. The van der Waals surface area contributed by atoms with Crippen LogP contribution in [0.1, 0.15) is 24.1 Å². The average molecular weight is 273 g/mol. The molecule has 106 valence electrons. The maximum Gasteiger partial charge on any atom is 0.319 e. The SMILES string of the molecule is CC(N)c1cccc(NC(=O)NCc2cnn(C)c2)c1. The highest BCUT2D eigenvalue weighted by Gasteiger charge is 2.05. The molecule has 0 bridgehead atoms. The third kappa shape index (κ3) is 3.83. The van der Waals surface area contributed by atoms with Gasteiger partial charge in [0.15, 0.2) is 0 Å². The van der Waals surface area contributed by atoms with Crippen LogP contribution < -0.4 is 16.4 Å². The summed E-state index contributed by atoms with van der Waals surface area (Å²) in [6.07, 6.45) is 3.58. The van der Waals surface area contributed by atoms with Crippen molar-refractivity contribution in [3.8, 4) is 0 Å². The predicted molar refractivity (Wildman–Crippen MR) is 78.1 cm³/mol. The first-order chi connectivity index (χ1) is 9.54. The number of hydrogen-bond donors (Lipinski definition) is 3. The second-order valence-corrected chi connectivity index (χ2v) is 4.74. The first-order valence-electron chi connectivity index (χ1n) is 6.42.